The van der Waals surface area contributed by atoms with Gasteiger partial charge < -0.3 is 0 Å². The molecule has 1 aliphatic rings. The SMILES string of the molecule is Cc1ccc2c(c1)C(=O)C(c1ccc3ccccc3n1)C2=O. The van der Waals surface area contributed by atoms with Crippen molar-refractivity contribution < 1.29 is 9.59 Å². The van der Waals surface area contributed by atoms with Crippen LogP contribution in [0.1, 0.15) is 37.9 Å². The summed E-state index contributed by atoms with van der Waals surface area (Å²) < 4.78 is 0. The van der Waals surface area contributed by atoms with Crippen LogP contribution in [-0.4, -0.2) is 16.6 Å². The number of carbonyl (C=O) groups is 2. The first-order valence-electron chi connectivity index (χ1n) is 7.20. The topological polar surface area (TPSA) is 47.0 Å². The van der Waals surface area contributed by atoms with Gasteiger partial charge in [0, 0.05) is 16.5 Å². The van der Waals surface area contributed by atoms with Crippen LogP contribution in [-0.2, 0) is 0 Å². The van der Waals surface area contributed by atoms with Gasteiger partial charge in [-0.05, 0) is 25.1 Å². The third-order valence-electron chi connectivity index (χ3n) is 4.15. The standard InChI is InChI=1S/C19H13NO2/c1-11-6-8-13-14(10-11)19(22)17(18(13)21)16-9-7-12-4-2-3-5-15(12)20-16/h2-10,17H,1H3. The number of fused-ring (bicyclic) bond motifs is 2. The first kappa shape index (κ1) is 12.9. The van der Waals surface area contributed by atoms with Gasteiger partial charge in [-0.15, -0.1) is 0 Å². The molecular weight excluding hydrogens is 274 g/mol. The van der Waals surface area contributed by atoms with E-state index in [1.165, 1.54) is 0 Å². The molecule has 3 nitrogen and oxygen atoms in total. The van der Waals surface area contributed by atoms with Crippen molar-refractivity contribution in [3.8, 4) is 0 Å². The number of hydrogen-bond donors (Lipinski definition) is 0. The Morgan fingerprint density at radius 2 is 1.64 bits per heavy atom. The number of benzene rings is 2. The second kappa shape index (κ2) is 4.60. The monoisotopic (exact) mass is 287 g/mol. The zero-order valence-corrected chi connectivity index (χ0v) is 12.0. The van der Waals surface area contributed by atoms with Gasteiger partial charge in [0.1, 0.15) is 5.92 Å². The zero-order chi connectivity index (χ0) is 15.3. The molecule has 0 N–H and O–H groups in total. The van der Waals surface area contributed by atoms with Gasteiger partial charge >= 0.3 is 0 Å². The number of aromatic nitrogens is 1. The molecule has 0 saturated heterocycles. The molecule has 2 aromatic carbocycles. The lowest BCUT2D eigenvalue weighted by Crippen LogP contribution is -2.14. The van der Waals surface area contributed by atoms with Crippen molar-refractivity contribution in [2.45, 2.75) is 12.8 Å². The predicted molar refractivity (Wildman–Crippen MR) is 84.3 cm³/mol. The van der Waals surface area contributed by atoms with E-state index in [0.717, 1.165) is 16.5 Å². The number of ketones is 2. The highest BCUT2D eigenvalue weighted by atomic mass is 16.2. The second-order valence-electron chi connectivity index (χ2n) is 5.64. The lowest BCUT2D eigenvalue weighted by atomic mass is 9.98. The van der Waals surface area contributed by atoms with Crippen molar-refractivity contribution >= 4 is 22.5 Å². The van der Waals surface area contributed by atoms with Crippen LogP contribution in [0.4, 0.5) is 0 Å². The van der Waals surface area contributed by atoms with E-state index < -0.39 is 5.92 Å². The maximum absolute atomic E-state index is 12.6. The lowest BCUT2D eigenvalue weighted by molar-refractivity contribution is 0.0888. The smallest absolute Gasteiger partial charge is 0.180 e. The van der Waals surface area contributed by atoms with Gasteiger partial charge in [0.05, 0.1) is 11.2 Å². The molecule has 1 unspecified atom stereocenters. The van der Waals surface area contributed by atoms with Crippen LogP contribution >= 0.6 is 0 Å². The minimum atomic E-state index is -0.804. The third-order valence-corrected chi connectivity index (χ3v) is 4.15. The Hall–Kier alpha value is -2.81. The Morgan fingerprint density at radius 1 is 0.864 bits per heavy atom. The highest BCUT2D eigenvalue weighted by Gasteiger charge is 2.40. The van der Waals surface area contributed by atoms with Crippen molar-refractivity contribution in [2.24, 2.45) is 0 Å². The Balaban J connectivity index is 1.86. The van der Waals surface area contributed by atoms with E-state index in [2.05, 4.69) is 4.98 Å². The fourth-order valence-electron chi connectivity index (χ4n) is 3.02. The van der Waals surface area contributed by atoms with Crippen LogP contribution in [0.25, 0.3) is 10.9 Å². The van der Waals surface area contributed by atoms with Crippen LogP contribution in [0.2, 0.25) is 0 Å². The Kier molecular flexibility index (Phi) is 2.70. The van der Waals surface area contributed by atoms with Crippen LogP contribution in [0, 0.1) is 6.92 Å². The molecule has 3 aromatic rings. The highest BCUT2D eigenvalue weighted by Crippen LogP contribution is 2.34. The maximum Gasteiger partial charge on any atom is 0.180 e. The predicted octanol–water partition coefficient (Wildman–Crippen LogP) is 3.71. The van der Waals surface area contributed by atoms with E-state index in [1.54, 1.807) is 18.2 Å². The number of rotatable bonds is 1. The molecule has 1 aromatic heterocycles. The van der Waals surface area contributed by atoms with Crippen molar-refractivity contribution in [3.63, 3.8) is 0 Å². The van der Waals surface area contributed by atoms with E-state index in [4.69, 9.17) is 0 Å². The molecule has 4 rings (SSSR count). The molecule has 1 heterocycles. The number of Topliss-reactive ketones (excluding diaryl/α,β-unsaturated/α-hetero) is 2. The minimum Gasteiger partial charge on any atom is -0.293 e. The molecule has 1 atom stereocenters. The minimum absolute atomic E-state index is 0.147. The number of carbonyl (C=O) groups excluding carboxylic acids is 2. The molecule has 0 fully saturated rings. The first-order valence-corrected chi connectivity index (χ1v) is 7.20. The lowest BCUT2D eigenvalue weighted by Gasteiger charge is -2.07. The summed E-state index contributed by atoms with van der Waals surface area (Å²) in [5.74, 6) is -1.10. The summed E-state index contributed by atoms with van der Waals surface area (Å²) >= 11 is 0. The maximum atomic E-state index is 12.6. The Labute approximate surface area is 127 Å². The molecule has 1 aliphatic carbocycles. The normalized spacial score (nSPS) is 17.0. The van der Waals surface area contributed by atoms with E-state index in [1.807, 2.05) is 43.3 Å². The van der Waals surface area contributed by atoms with Crippen LogP contribution in [0.3, 0.4) is 0 Å². The first-order chi connectivity index (χ1) is 10.6. The number of para-hydroxylation sites is 1. The average molecular weight is 287 g/mol. The average Bonchev–Trinajstić information content (AvgIpc) is 2.78. The molecule has 0 spiro atoms. The summed E-state index contributed by atoms with van der Waals surface area (Å²) in [5, 5.41) is 0.998. The molecule has 3 heteroatoms. The second-order valence-corrected chi connectivity index (χ2v) is 5.64. The third kappa shape index (κ3) is 1.79. The molecule has 0 amide bonds. The highest BCUT2D eigenvalue weighted by molar-refractivity contribution is 6.29. The number of nitrogens with zero attached hydrogens (tertiary/aromatic N) is 1. The van der Waals surface area contributed by atoms with Gasteiger partial charge in [0.2, 0.25) is 0 Å². The Bertz CT molecular complexity index is 943. The molecular formula is C19H13NO2. The van der Waals surface area contributed by atoms with Crippen molar-refractivity contribution in [1.82, 2.24) is 4.98 Å². The number of hydrogen-bond acceptors (Lipinski definition) is 3. The molecule has 106 valence electrons. The van der Waals surface area contributed by atoms with Gasteiger partial charge in [-0.25, -0.2) is 0 Å². The Morgan fingerprint density at radius 3 is 2.50 bits per heavy atom. The van der Waals surface area contributed by atoms with E-state index in [-0.39, 0.29) is 11.6 Å². The quantitative estimate of drug-likeness (QED) is 0.641. The molecule has 0 aliphatic heterocycles. The van der Waals surface area contributed by atoms with Gasteiger partial charge in [-0.2, -0.15) is 0 Å². The van der Waals surface area contributed by atoms with Crippen LogP contribution in [0.5, 0.6) is 0 Å². The molecule has 22 heavy (non-hydrogen) atoms. The summed E-state index contributed by atoms with van der Waals surface area (Å²) in [5.41, 5.74) is 3.34. The summed E-state index contributed by atoms with van der Waals surface area (Å²) in [6.07, 6.45) is 0. The fourth-order valence-corrected chi connectivity index (χ4v) is 3.02. The van der Waals surface area contributed by atoms with E-state index in [9.17, 15) is 9.59 Å². The van der Waals surface area contributed by atoms with Gasteiger partial charge in [-0.1, -0.05) is 42.0 Å². The summed E-state index contributed by atoms with van der Waals surface area (Å²) in [6, 6.07) is 16.8. The fraction of sp³-hybridized carbons (Fsp3) is 0.105. The van der Waals surface area contributed by atoms with Gasteiger partial charge in [0.15, 0.2) is 11.6 Å². The summed E-state index contributed by atoms with van der Waals surface area (Å²) in [7, 11) is 0. The molecule has 0 saturated carbocycles. The van der Waals surface area contributed by atoms with Gasteiger partial charge in [-0.3, -0.25) is 14.6 Å². The zero-order valence-electron chi connectivity index (χ0n) is 12.0. The number of pyridine rings is 1. The van der Waals surface area contributed by atoms with E-state index >= 15 is 0 Å². The van der Waals surface area contributed by atoms with Crippen molar-refractivity contribution in [2.75, 3.05) is 0 Å². The molecule has 0 radical (unpaired) electrons. The van der Waals surface area contributed by atoms with Crippen molar-refractivity contribution in [1.29, 1.82) is 0 Å². The summed E-state index contributed by atoms with van der Waals surface area (Å²) in [6.45, 7) is 1.92. The largest absolute Gasteiger partial charge is 0.293 e. The van der Waals surface area contributed by atoms with Gasteiger partial charge in [0.25, 0.3) is 0 Å². The van der Waals surface area contributed by atoms with Crippen LogP contribution < -0.4 is 0 Å². The number of aryl methyl sites for hydroxylation is 1. The molecule has 0 bridgehead atoms. The van der Waals surface area contributed by atoms with Crippen molar-refractivity contribution in [3.05, 3.63) is 77.0 Å². The van der Waals surface area contributed by atoms with E-state index in [0.29, 0.717) is 16.8 Å². The van der Waals surface area contributed by atoms with Crippen LogP contribution in [0.15, 0.2) is 54.6 Å². The summed E-state index contributed by atoms with van der Waals surface area (Å²) in [4.78, 5) is 29.8.